The van der Waals surface area contributed by atoms with Crippen molar-refractivity contribution in [3.8, 4) is 0 Å². The molecule has 24 heavy (non-hydrogen) atoms. The largest absolute Gasteiger partial charge is 0.314 e. The molecule has 1 aromatic carbocycles. The van der Waals surface area contributed by atoms with E-state index in [1.165, 1.54) is 22.1 Å². The maximum Gasteiger partial charge on any atom is 0.0702 e. The third kappa shape index (κ3) is 2.90. The molecule has 1 aliphatic heterocycles. The first-order valence-electron chi connectivity index (χ1n) is 8.53. The molecule has 2 aromatic heterocycles. The summed E-state index contributed by atoms with van der Waals surface area (Å²) in [7, 11) is 0. The van der Waals surface area contributed by atoms with Crippen LogP contribution in [0.5, 0.6) is 0 Å². The smallest absolute Gasteiger partial charge is 0.0702 e. The summed E-state index contributed by atoms with van der Waals surface area (Å²) in [5.74, 6) is 0. The minimum atomic E-state index is 0.229. The summed E-state index contributed by atoms with van der Waals surface area (Å²) in [5.41, 5.74) is 4.86. The maximum absolute atomic E-state index is 4.69. The molecule has 1 saturated heterocycles. The van der Waals surface area contributed by atoms with Crippen molar-refractivity contribution in [1.82, 2.24) is 20.2 Å². The number of hydrogen-bond acceptors (Lipinski definition) is 4. The van der Waals surface area contributed by atoms with E-state index in [1.54, 1.807) is 0 Å². The molecule has 0 amide bonds. The highest BCUT2D eigenvalue weighted by Crippen LogP contribution is 2.31. The third-order valence-electron chi connectivity index (χ3n) is 4.80. The van der Waals surface area contributed by atoms with Crippen molar-refractivity contribution < 1.29 is 0 Å². The van der Waals surface area contributed by atoms with Crippen LogP contribution in [-0.2, 0) is 0 Å². The molecule has 1 atom stereocenters. The molecular formula is C20H22N4. The van der Waals surface area contributed by atoms with Crippen LogP contribution in [0.25, 0.3) is 10.9 Å². The average Bonchev–Trinajstić information content (AvgIpc) is 2.64. The standard InChI is InChI=1S/C20H22N4/c1-15-13-22-7-6-18(15)20(24-10-8-21-9-11-24)17-12-16-4-2-3-5-19(16)23-14-17/h2-7,12-14,20-21H,8-11H2,1H3. The SMILES string of the molecule is Cc1cnccc1C(c1cnc2ccccc2c1)N1CCNCC1. The van der Waals surface area contributed by atoms with E-state index >= 15 is 0 Å². The lowest BCUT2D eigenvalue weighted by molar-refractivity contribution is 0.198. The van der Waals surface area contributed by atoms with Gasteiger partial charge in [0, 0.05) is 50.2 Å². The molecule has 1 unspecified atom stereocenters. The van der Waals surface area contributed by atoms with E-state index < -0.39 is 0 Å². The second-order valence-corrected chi connectivity index (χ2v) is 6.38. The predicted octanol–water partition coefficient (Wildman–Crippen LogP) is 2.93. The molecule has 1 aliphatic rings. The Kier molecular flexibility index (Phi) is 4.24. The fourth-order valence-electron chi connectivity index (χ4n) is 3.56. The topological polar surface area (TPSA) is 41.1 Å². The van der Waals surface area contributed by atoms with E-state index in [1.807, 2.05) is 24.7 Å². The Labute approximate surface area is 142 Å². The van der Waals surface area contributed by atoms with Crippen LogP contribution in [0.3, 0.4) is 0 Å². The fraction of sp³-hybridized carbons (Fsp3) is 0.300. The molecule has 1 N–H and O–H groups in total. The molecule has 122 valence electrons. The van der Waals surface area contributed by atoms with Crippen molar-refractivity contribution in [2.45, 2.75) is 13.0 Å². The summed E-state index contributed by atoms with van der Waals surface area (Å²) in [5, 5.41) is 4.64. The second kappa shape index (κ2) is 6.67. The highest BCUT2D eigenvalue weighted by Gasteiger charge is 2.25. The number of fused-ring (bicyclic) bond motifs is 1. The van der Waals surface area contributed by atoms with Gasteiger partial charge in [0.2, 0.25) is 0 Å². The van der Waals surface area contributed by atoms with Crippen LogP contribution < -0.4 is 5.32 Å². The van der Waals surface area contributed by atoms with Crippen LogP contribution in [0.2, 0.25) is 0 Å². The van der Waals surface area contributed by atoms with Gasteiger partial charge in [-0.3, -0.25) is 14.9 Å². The van der Waals surface area contributed by atoms with Crippen molar-refractivity contribution in [3.05, 3.63) is 71.7 Å². The van der Waals surface area contributed by atoms with Gasteiger partial charge in [-0.05, 0) is 41.8 Å². The zero-order valence-electron chi connectivity index (χ0n) is 13.9. The Morgan fingerprint density at radius 1 is 1.08 bits per heavy atom. The van der Waals surface area contributed by atoms with E-state index in [2.05, 4.69) is 52.5 Å². The number of nitrogens with one attached hydrogen (secondary N) is 1. The lowest BCUT2D eigenvalue weighted by Crippen LogP contribution is -2.45. The number of nitrogens with zero attached hydrogens (tertiary/aromatic N) is 3. The molecule has 4 rings (SSSR count). The molecule has 0 saturated carbocycles. The number of hydrogen-bond donors (Lipinski definition) is 1. The Hall–Kier alpha value is -2.30. The predicted molar refractivity (Wildman–Crippen MR) is 97.0 cm³/mol. The van der Waals surface area contributed by atoms with Gasteiger partial charge < -0.3 is 5.32 Å². The molecule has 0 spiro atoms. The van der Waals surface area contributed by atoms with Gasteiger partial charge in [-0.2, -0.15) is 0 Å². The van der Waals surface area contributed by atoms with Gasteiger partial charge in [0.25, 0.3) is 0 Å². The van der Waals surface area contributed by atoms with Gasteiger partial charge in [-0.1, -0.05) is 18.2 Å². The number of aromatic nitrogens is 2. The quantitative estimate of drug-likeness (QED) is 0.806. The van der Waals surface area contributed by atoms with E-state index in [9.17, 15) is 0 Å². The number of aryl methyl sites for hydroxylation is 1. The second-order valence-electron chi connectivity index (χ2n) is 6.38. The molecule has 0 aliphatic carbocycles. The number of rotatable bonds is 3. The fourth-order valence-corrected chi connectivity index (χ4v) is 3.56. The van der Waals surface area contributed by atoms with Crippen molar-refractivity contribution in [2.75, 3.05) is 26.2 Å². The van der Waals surface area contributed by atoms with Gasteiger partial charge in [0.15, 0.2) is 0 Å². The van der Waals surface area contributed by atoms with Crippen LogP contribution in [0.4, 0.5) is 0 Å². The van der Waals surface area contributed by atoms with Crippen LogP contribution >= 0.6 is 0 Å². The van der Waals surface area contributed by atoms with Gasteiger partial charge in [0.05, 0.1) is 11.6 Å². The molecule has 0 bridgehead atoms. The first-order valence-corrected chi connectivity index (χ1v) is 8.53. The van der Waals surface area contributed by atoms with Gasteiger partial charge in [-0.15, -0.1) is 0 Å². The molecule has 3 aromatic rings. The first kappa shape index (κ1) is 15.2. The van der Waals surface area contributed by atoms with E-state index in [-0.39, 0.29) is 6.04 Å². The number of para-hydroxylation sites is 1. The Morgan fingerprint density at radius 3 is 2.75 bits per heavy atom. The molecule has 4 nitrogen and oxygen atoms in total. The average molecular weight is 318 g/mol. The molecule has 0 radical (unpaired) electrons. The zero-order chi connectivity index (χ0) is 16.4. The van der Waals surface area contributed by atoms with Crippen LogP contribution in [0.15, 0.2) is 55.0 Å². The lowest BCUT2D eigenvalue weighted by Gasteiger charge is -2.36. The highest BCUT2D eigenvalue weighted by atomic mass is 15.2. The normalized spacial score (nSPS) is 17.0. The highest BCUT2D eigenvalue weighted by molar-refractivity contribution is 5.79. The summed E-state index contributed by atoms with van der Waals surface area (Å²) in [6, 6.07) is 13.0. The first-order chi connectivity index (χ1) is 11.8. The number of benzene rings is 1. The van der Waals surface area contributed by atoms with E-state index in [4.69, 9.17) is 4.98 Å². The van der Waals surface area contributed by atoms with E-state index in [0.29, 0.717) is 0 Å². The minimum absolute atomic E-state index is 0.229. The summed E-state index contributed by atoms with van der Waals surface area (Å²) in [4.78, 5) is 11.5. The van der Waals surface area contributed by atoms with Crippen molar-refractivity contribution in [1.29, 1.82) is 0 Å². The van der Waals surface area contributed by atoms with Crippen molar-refractivity contribution >= 4 is 10.9 Å². The van der Waals surface area contributed by atoms with Crippen LogP contribution in [0, 0.1) is 6.92 Å². The van der Waals surface area contributed by atoms with Crippen LogP contribution in [-0.4, -0.2) is 41.0 Å². The Bertz CT molecular complexity index is 840. The van der Waals surface area contributed by atoms with Crippen LogP contribution in [0.1, 0.15) is 22.7 Å². The lowest BCUT2D eigenvalue weighted by atomic mass is 9.94. The molecule has 1 fully saturated rings. The summed E-state index contributed by atoms with van der Waals surface area (Å²) >= 11 is 0. The number of pyridine rings is 2. The van der Waals surface area contributed by atoms with Crippen molar-refractivity contribution in [2.24, 2.45) is 0 Å². The van der Waals surface area contributed by atoms with Gasteiger partial charge >= 0.3 is 0 Å². The monoisotopic (exact) mass is 318 g/mol. The molecule has 3 heterocycles. The number of piperazine rings is 1. The summed E-state index contributed by atoms with van der Waals surface area (Å²) in [6.07, 6.45) is 5.89. The minimum Gasteiger partial charge on any atom is -0.314 e. The maximum atomic E-state index is 4.69. The summed E-state index contributed by atoms with van der Waals surface area (Å²) < 4.78 is 0. The van der Waals surface area contributed by atoms with Gasteiger partial charge in [0.1, 0.15) is 0 Å². The van der Waals surface area contributed by atoms with E-state index in [0.717, 1.165) is 31.7 Å². The third-order valence-corrected chi connectivity index (χ3v) is 4.80. The Morgan fingerprint density at radius 2 is 1.92 bits per heavy atom. The molecule has 4 heteroatoms. The summed E-state index contributed by atoms with van der Waals surface area (Å²) in [6.45, 7) is 6.29. The Balaban J connectivity index is 1.82. The van der Waals surface area contributed by atoms with Gasteiger partial charge in [-0.25, -0.2) is 0 Å². The zero-order valence-corrected chi connectivity index (χ0v) is 13.9. The van der Waals surface area contributed by atoms with Crippen molar-refractivity contribution in [3.63, 3.8) is 0 Å². The molecular weight excluding hydrogens is 296 g/mol.